The van der Waals surface area contributed by atoms with Crippen LogP contribution in [-0.2, 0) is 9.53 Å². The molecule has 16 heavy (non-hydrogen) atoms. The fraction of sp³-hybridized carbons (Fsp3) is 0.909. The van der Waals surface area contributed by atoms with E-state index in [0.717, 1.165) is 12.8 Å². The van der Waals surface area contributed by atoms with Gasteiger partial charge in [-0.1, -0.05) is 0 Å². The molecule has 1 amide bonds. The second-order valence-electron chi connectivity index (χ2n) is 4.25. The number of carbonyl (C=O) groups excluding carboxylic acids is 1. The molecule has 1 heterocycles. The van der Waals surface area contributed by atoms with Gasteiger partial charge in [0.25, 0.3) is 0 Å². The summed E-state index contributed by atoms with van der Waals surface area (Å²) in [5, 5.41) is 12.3. The summed E-state index contributed by atoms with van der Waals surface area (Å²) < 4.78 is 5.23. The number of halogens is 1. The molecule has 0 aromatic rings. The second-order valence-corrected chi connectivity index (χ2v) is 4.62. The number of rotatable bonds is 6. The van der Waals surface area contributed by atoms with E-state index in [2.05, 4.69) is 5.32 Å². The van der Waals surface area contributed by atoms with E-state index in [9.17, 15) is 9.90 Å². The fourth-order valence-corrected chi connectivity index (χ4v) is 2.01. The Morgan fingerprint density at radius 1 is 1.38 bits per heavy atom. The first-order valence-electron chi connectivity index (χ1n) is 5.78. The summed E-state index contributed by atoms with van der Waals surface area (Å²) >= 11 is 5.54. The molecule has 0 unspecified atom stereocenters. The van der Waals surface area contributed by atoms with Gasteiger partial charge in [-0.25, -0.2) is 0 Å². The quantitative estimate of drug-likeness (QED) is 0.547. The van der Waals surface area contributed by atoms with Crippen molar-refractivity contribution in [2.45, 2.75) is 37.6 Å². The third kappa shape index (κ3) is 4.28. The van der Waals surface area contributed by atoms with Crippen LogP contribution in [0.3, 0.4) is 0 Å². The zero-order valence-corrected chi connectivity index (χ0v) is 10.3. The molecule has 94 valence electrons. The highest BCUT2D eigenvalue weighted by Gasteiger charge is 2.33. The summed E-state index contributed by atoms with van der Waals surface area (Å²) in [7, 11) is 0. The number of alkyl halides is 1. The van der Waals surface area contributed by atoms with Gasteiger partial charge >= 0.3 is 0 Å². The van der Waals surface area contributed by atoms with E-state index >= 15 is 0 Å². The molecule has 1 saturated heterocycles. The number of aliphatic hydroxyl groups is 1. The minimum Gasteiger partial charge on any atom is -0.394 e. The summed E-state index contributed by atoms with van der Waals surface area (Å²) in [5.74, 6) is 0.591. The number of nitrogens with one attached hydrogen (secondary N) is 1. The lowest BCUT2D eigenvalue weighted by Gasteiger charge is -2.36. The van der Waals surface area contributed by atoms with Crippen molar-refractivity contribution >= 4 is 17.5 Å². The lowest BCUT2D eigenvalue weighted by molar-refractivity contribution is -0.125. The van der Waals surface area contributed by atoms with Gasteiger partial charge in [0.15, 0.2) is 0 Å². The van der Waals surface area contributed by atoms with Crippen LogP contribution in [0, 0.1) is 0 Å². The second kappa shape index (κ2) is 7.09. The number of amides is 1. The first-order chi connectivity index (χ1) is 7.72. The highest BCUT2D eigenvalue weighted by Crippen LogP contribution is 2.20. The van der Waals surface area contributed by atoms with E-state index in [0.29, 0.717) is 38.4 Å². The fourth-order valence-electron chi connectivity index (χ4n) is 1.82. The summed E-state index contributed by atoms with van der Waals surface area (Å²) in [6.07, 6.45) is 3.50. The predicted octanol–water partition coefficient (Wildman–Crippen LogP) is 1.05. The largest absolute Gasteiger partial charge is 0.394 e. The van der Waals surface area contributed by atoms with Crippen molar-refractivity contribution in [3.05, 3.63) is 0 Å². The molecule has 0 aliphatic carbocycles. The maximum Gasteiger partial charge on any atom is 0.220 e. The molecule has 0 spiro atoms. The average molecular weight is 250 g/mol. The number of hydrogen-bond donors (Lipinski definition) is 2. The molecule has 1 fully saturated rings. The van der Waals surface area contributed by atoms with E-state index in [1.54, 1.807) is 0 Å². The Morgan fingerprint density at radius 2 is 2.06 bits per heavy atom. The number of hydrogen-bond acceptors (Lipinski definition) is 3. The molecule has 0 saturated carbocycles. The van der Waals surface area contributed by atoms with Gasteiger partial charge in [0.2, 0.25) is 5.91 Å². The number of aliphatic hydroxyl groups excluding tert-OH is 1. The minimum absolute atomic E-state index is 0.000988. The van der Waals surface area contributed by atoms with Crippen molar-refractivity contribution in [2.24, 2.45) is 0 Å². The molecule has 0 aromatic carbocycles. The van der Waals surface area contributed by atoms with Gasteiger partial charge in [0.1, 0.15) is 0 Å². The van der Waals surface area contributed by atoms with Crippen molar-refractivity contribution in [1.82, 2.24) is 5.32 Å². The number of carbonyl (C=O) groups is 1. The first kappa shape index (κ1) is 13.7. The van der Waals surface area contributed by atoms with Crippen molar-refractivity contribution in [2.75, 3.05) is 25.7 Å². The van der Waals surface area contributed by atoms with Gasteiger partial charge in [-0.05, 0) is 25.7 Å². The van der Waals surface area contributed by atoms with E-state index in [1.807, 2.05) is 0 Å². The Hall–Kier alpha value is -0.320. The molecule has 1 aliphatic rings. The Morgan fingerprint density at radius 3 is 2.62 bits per heavy atom. The third-order valence-corrected chi connectivity index (χ3v) is 3.21. The summed E-state index contributed by atoms with van der Waals surface area (Å²) in [6.45, 7) is 1.18. The van der Waals surface area contributed by atoms with Crippen LogP contribution < -0.4 is 5.32 Å². The van der Waals surface area contributed by atoms with Crippen LogP contribution in [0.2, 0.25) is 0 Å². The normalized spacial score (nSPS) is 19.4. The van der Waals surface area contributed by atoms with Crippen LogP contribution in [0.25, 0.3) is 0 Å². The van der Waals surface area contributed by atoms with Gasteiger partial charge in [-0.2, -0.15) is 0 Å². The van der Waals surface area contributed by atoms with E-state index in [4.69, 9.17) is 16.3 Å². The third-order valence-electron chi connectivity index (χ3n) is 2.94. The highest BCUT2D eigenvalue weighted by molar-refractivity contribution is 6.17. The van der Waals surface area contributed by atoms with Crippen LogP contribution in [0.4, 0.5) is 0 Å². The predicted molar refractivity (Wildman–Crippen MR) is 62.6 cm³/mol. The summed E-state index contributed by atoms with van der Waals surface area (Å²) in [5.41, 5.74) is -0.462. The SMILES string of the molecule is O=C(CCCCCl)NC1(CO)CCOCC1. The Labute approximate surface area is 101 Å². The Bertz CT molecular complexity index is 217. The molecular weight excluding hydrogens is 230 g/mol. The maximum absolute atomic E-state index is 11.6. The summed E-state index contributed by atoms with van der Waals surface area (Å²) in [6, 6.07) is 0. The Balaban J connectivity index is 2.33. The van der Waals surface area contributed by atoms with Crippen molar-refractivity contribution < 1.29 is 14.6 Å². The van der Waals surface area contributed by atoms with E-state index < -0.39 is 5.54 Å². The highest BCUT2D eigenvalue weighted by atomic mass is 35.5. The minimum atomic E-state index is -0.462. The smallest absolute Gasteiger partial charge is 0.220 e. The van der Waals surface area contributed by atoms with Crippen LogP contribution in [0.15, 0.2) is 0 Å². The lowest BCUT2D eigenvalue weighted by Crippen LogP contribution is -2.54. The topological polar surface area (TPSA) is 58.6 Å². The monoisotopic (exact) mass is 249 g/mol. The first-order valence-corrected chi connectivity index (χ1v) is 6.31. The molecule has 0 radical (unpaired) electrons. The molecule has 5 heteroatoms. The number of unbranched alkanes of at least 4 members (excludes halogenated alkanes) is 1. The molecular formula is C11H20ClNO3. The van der Waals surface area contributed by atoms with Crippen molar-refractivity contribution in [3.8, 4) is 0 Å². The zero-order valence-electron chi connectivity index (χ0n) is 9.51. The van der Waals surface area contributed by atoms with Gasteiger partial charge in [-0.15, -0.1) is 11.6 Å². The van der Waals surface area contributed by atoms with Crippen LogP contribution >= 0.6 is 11.6 Å². The van der Waals surface area contributed by atoms with Gasteiger partial charge in [-0.3, -0.25) is 4.79 Å². The molecule has 0 atom stereocenters. The van der Waals surface area contributed by atoms with Crippen LogP contribution in [0.1, 0.15) is 32.1 Å². The average Bonchev–Trinajstić information content (AvgIpc) is 2.30. The maximum atomic E-state index is 11.6. The van der Waals surface area contributed by atoms with Crippen LogP contribution in [-0.4, -0.2) is 42.3 Å². The number of ether oxygens (including phenoxy) is 1. The summed E-state index contributed by atoms with van der Waals surface area (Å²) in [4.78, 5) is 11.6. The molecule has 0 bridgehead atoms. The van der Waals surface area contributed by atoms with E-state index in [-0.39, 0.29) is 12.5 Å². The zero-order chi connectivity index (χ0) is 11.9. The van der Waals surface area contributed by atoms with Crippen molar-refractivity contribution in [3.63, 3.8) is 0 Å². The molecule has 0 aromatic heterocycles. The van der Waals surface area contributed by atoms with Crippen molar-refractivity contribution in [1.29, 1.82) is 0 Å². The Kier molecular flexibility index (Phi) is 6.09. The standard InChI is InChI=1S/C11H20ClNO3/c12-6-2-1-3-10(15)13-11(9-14)4-7-16-8-5-11/h14H,1-9H2,(H,13,15). The van der Waals surface area contributed by atoms with Crippen LogP contribution in [0.5, 0.6) is 0 Å². The molecule has 2 N–H and O–H groups in total. The molecule has 1 rings (SSSR count). The van der Waals surface area contributed by atoms with Gasteiger partial charge < -0.3 is 15.2 Å². The molecule has 4 nitrogen and oxygen atoms in total. The lowest BCUT2D eigenvalue weighted by atomic mass is 9.90. The van der Waals surface area contributed by atoms with Gasteiger partial charge in [0.05, 0.1) is 12.1 Å². The van der Waals surface area contributed by atoms with E-state index in [1.165, 1.54) is 0 Å². The van der Waals surface area contributed by atoms with Gasteiger partial charge in [0, 0.05) is 25.5 Å². The molecule has 1 aliphatic heterocycles.